The predicted octanol–water partition coefficient (Wildman–Crippen LogP) is 3.67. The number of rotatable bonds is 6. The summed E-state index contributed by atoms with van der Waals surface area (Å²) < 4.78 is 0. The van der Waals surface area contributed by atoms with E-state index in [0.717, 1.165) is 22.5 Å². The van der Waals surface area contributed by atoms with Crippen LogP contribution in [0.2, 0.25) is 0 Å². The largest absolute Gasteiger partial charge is 0.378 e. The Hall–Kier alpha value is -3.54. The van der Waals surface area contributed by atoms with Crippen molar-refractivity contribution in [2.75, 3.05) is 51.1 Å². The van der Waals surface area contributed by atoms with E-state index in [1.807, 2.05) is 100 Å². The minimum atomic E-state index is -0.106. The molecule has 0 bridgehead atoms. The fourth-order valence-electron chi connectivity index (χ4n) is 4.43. The lowest BCUT2D eigenvalue weighted by atomic mass is 10.0. The summed E-state index contributed by atoms with van der Waals surface area (Å²) >= 11 is 0. The van der Waals surface area contributed by atoms with Crippen LogP contribution < -0.4 is 9.80 Å². The molecule has 2 aromatic rings. The molecule has 2 heterocycles. The number of benzene rings is 2. The van der Waals surface area contributed by atoms with E-state index in [0.29, 0.717) is 35.6 Å². The molecule has 2 aromatic carbocycles. The summed E-state index contributed by atoms with van der Waals surface area (Å²) in [7, 11) is 7.95. The topological polar surface area (TPSA) is 47.1 Å². The number of carbonyl (C=O) groups excluding carboxylic acids is 2. The van der Waals surface area contributed by atoms with E-state index in [4.69, 9.17) is 0 Å². The highest BCUT2D eigenvalue weighted by atomic mass is 16.2. The Balaban J connectivity index is 1.92. The number of carbonyl (C=O) groups is 2. The predicted molar refractivity (Wildman–Crippen MR) is 130 cm³/mol. The molecule has 2 aliphatic heterocycles. The van der Waals surface area contributed by atoms with Crippen LogP contribution >= 0.6 is 0 Å². The van der Waals surface area contributed by atoms with E-state index >= 15 is 0 Å². The molecule has 6 nitrogen and oxygen atoms in total. The smallest absolute Gasteiger partial charge is 0.261 e. The minimum absolute atomic E-state index is 0.106. The van der Waals surface area contributed by atoms with Crippen molar-refractivity contribution in [2.24, 2.45) is 0 Å². The first-order chi connectivity index (χ1) is 15.3. The number of fused-ring (bicyclic) bond motifs is 1. The Morgan fingerprint density at radius 3 is 1.16 bits per heavy atom. The highest BCUT2D eigenvalue weighted by molar-refractivity contribution is 6.30. The maximum Gasteiger partial charge on any atom is 0.261 e. The van der Waals surface area contributed by atoms with Gasteiger partial charge in [-0.25, -0.2) is 0 Å². The number of anilines is 2. The second-order valence-electron chi connectivity index (χ2n) is 8.43. The molecule has 2 aliphatic rings. The summed E-state index contributed by atoms with van der Waals surface area (Å²) in [6.07, 6.45) is 0. The van der Waals surface area contributed by atoms with Crippen LogP contribution in [0.15, 0.2) is 59.7 Å². The highest BCUT2D eigenvalue weighted by Gasteiger charge is 2.47. The average molecular weight is 431 g/mol. The van der Waals surface area contributed by atoms with Gasteiger partial charge >= 0.3 is 0 Å². The Morgan fingerprint density at radius 2 is 0.906 bits per heavy atom. The molecule has 0 aromatic heterocycles. The first-order valence-corrected chi connectivity index (χ1v) is 11.0. The Labute approximate surface area is 190 Å². The summed E-state index contributed by atoms with van der Waals surface area (Å²) in [4.78, 5) is 34.7. The number of likely N-dealkylation sites (N-methyl/N-ethyl adjacent to an activating group) is 2. The second kappa shape index (κ2) is 8.19. The van der Waals surface area contributed by atoms with Gasteiger partial charge in [0.25, 0.3) is 11.8 Å². The van der Waals surface area contributed by atoms with Crippen molar-refractivity contribution in [1.29, 1.82) is 0 Å². The molecule has 4 rings (SSSR count). The van der Waals surface area contributed by atoms with Crippen molar-refractivity contribution in [3.05, 3.63) is 70.8 Å². The molecule has 0 saturated carbocycles. The normalized spacial score (nSPS) is 15.8. The fraction of sp³-hybridized carbons (Fsp3) is 0.308. The molecule has 0 saturated heterocycles. The minimum Gasteiger partial charge on any atom is -0.378 e. The van der Waals surface area contributed by atoms with Gasteiger partial charge < -0.3 is 19.6 Å². The molecular weight excluding hydrogens is 400 g/mol. The molecule has 32 heavy (non-hydrogen) atoms. The average Bonchev–Trinajstić information content (AvgIpc) is 3.24. The van der Waals surface area contributed by atoms with Crippen LogP contribution in [0.4, 0.5) is 11.4 Å². The fourth-order valence-corrected chi connectivity index (χ4v) is 4.43. The van der Waals surface area contributed by atoms with Gasteiger partial charge in [-0.1, -0.05) is 24.3 Å². The molecule has 0 radical (unpaired) electrons. The number of nitrogens with zero attached hydrogens (tertiary/aromatic N) is 4. The first-order valence-electron chi connectivity index (χ1n) is 11.0. The Morgan fingerprint density at radius 1 is 0.594 bits per heavy atom. The van der Waals surface area contributed by atoms with Gasteiger partial charge in [-0.15, -0.1) is 0 Å². The zero-order valence-electron chi connectivity index (χ0n) is 19.6. The van der Waals surface area contributed by atoms with E-state index < -0.39 is 0 Å². The van der Waals surface area contributed by atoms with Crippen molar-refractivity contribution < 1.29 is 9.59 Å². The molecule has 0 N–H and O–H groups in total. The molecule has 0 fully saturated rings. The second-order valence-corrected chi connectivity index (χ2v) is 8.43. The van der Waals surface area contributed by atoms with Gasteiger partial charge in [-0.05, 0) is 49.2 Å². The van der Waals surface area contributed by atoms with Gasteiger partial charge in [0, 0.05) is 52.7 Å². The van der Waals surface area contributed by atoms with Crippen molar-refractivity contribution in [3.8, 4) is 0 Å². The van der Waals surface area contributed by atoms with E-state index in [2.05, 4.69) is 0 Å². The van der Waals surface area contributed by atoms with Crippen LogP contribution in [0.1, 0.15) is 25.0 Å². The summed E-state index contributed by atoms with van der Waals surface area (Å²) in [6, 6.07) is 16.0. The van der Waals surface area contributed by atoms with Crippen molar-refractivity contribution in [2.45, 2.75) is 13.8 Å². The zero-order valence-corrected chi connectivity index (χ0v) is 19.6. The monoisotopic (exact) mass is 430 g/mol. The van der Waals surface area contributed by atoms with Crippen LogP contribution in [0.5, 0.6) is 0 Å². The molecule has 0 aliphatic carbocycles. The van der Waals surface area contributed by atoms with Crippen LogP contribution in [-0.4, -0.2) is 62.9 Å². The number of hydrogen-bond donors (Lipinski definition) is 0. The lowest BCUT2D eigenvalue weighted by Crippen LogP contribution is -2.29. The first kappa shape index (κ1) is 21.7. The van der Waals surface area contributed by atoms with Crippen LogP contribution in [0.3, 0.4) is 0 Å². The summed E-state index contributed by atoms with van der Waals surface area (Å²) in [5.41, 5.74) is 6.34. The highest BCUT2D eigenvalue weighted by Crippen LogP contribution is 2.46. The molecule has 2 amide bonds. The van der Waals surface area contributed by atoms with Gasteiger partial charge in [0.2, 0.25) is 0 Å². The number of amides is 2. The third-order valence-corrected chi connectivity index (χ3v) is 6.13. The lowest BCUT2D eigenvalue weighted by Gasteiger charge is -2.24. The standard InChI is InChI=1S/C26H30N4O2/c1-7-29-23(17-9-13-19(14-10-17)27(3)4)21-22(25(29)31)24(30(8-2)26(21)32)18-11-15-20(16-12-18)28(5)6/h9-16H,7-8H2,1-6H3. The van der Waals surface area contributed by atoms with E-state index in [9.17, 15) is 9.59 Å². The quantitative estimate of drug-likeness (QED) is 0.702. The van der Waals surface area contributed by atoms with Crippen molar-refractivity contribution >= 4 is 34.6 Å². The Kier molecular flexibility index (Phi) is 5.55. The van der Waals surface area contributed by atoms with E-state index in [1.165, 1.54) is 0 Å². The summed E-state index contributed by atoms with van der Waals surface area (Å²) in [6.45, 7) is 4.90. The van der Waals surface area contributed by atoms with Crippen molar-refractivity contribution in [3.63, 3.8) is 0 Å². The molecule has 6 heteroatoms. The van der Waals surface area contributed by atoms with Gasteiger partial charge in [0.15, 0.2) is 0 Å². The molecule has 0 spiro atoms. The van der Waals surface area contributed by atoms with Gasteiger partial charge in [0.05, 0.1) is 22.5 Å². The third kappa shape index (κ3) is 3.27. The van der Waals surface area contributed by atoms with Gasteiger partial charge in [-0.2, -0.15) is 0 Å². The zero-order chi connectivity index (χ0) is 23.2. The SMILES string of the molecule is CCN1C(=O)C2=C(c3ccc(N(C)C)cc3)N(CC)C(=O)C2=C1c1ccc(N(C)C)cc1. The Bertz CT molecular complexity index is 1030. The molecular formula is C26H30N4O2. The molecule has 0 atom stereocenters. The maximum absolute atomic E-state index is 13.6. The molecule has 166 valence electrons. The van der Waals surface area contributed by atoms with Gasteiger partial charge in [-0.3, -0.25) is 9.59 Å². The van der Waals surface area contributed by atoms with Crippen LogP contribution in [-0.2, 0) is 9.59 Å². The van der Waals surface area contributed by atoms with Crippen molar-refractivity contribution in [1.82, 2.24) is 9.80 Å². The number of hydrogen-bond acceptors (Lipinski definition) is 4. The third-order valence-electron chi connectivity index (χ3n) is 6.13. The van der Waals surface area contributed by atoms with E-state index in [1.54, 1.807) is 9.80 Å². The lowest BCUT2D eigenvalue weighted by molar-refractivity contribution is -0.124. The van der Waals surface area contributed by atoms with Crippen LogP contribution in [0, 0.1) is 0 Å². The molecule has 0 unspecified atom stereocenters. The maximum atomic E-state index is 13.6. The summed E-state index contributed by atoms with van der Waals surface area (Å²) in [5, 5.41) is 0. The van der Waals surface area contributed by atoms with Crippen LogP contribution in [0.25, 0.3) is 11.4 Å². The van der Waals surface area contributed by atoms with Gasteiger partial charge in [0.1, 0.15) is 0 Å². The summed E-state index contributed by atoms with van der Waals surface area (Å²) in [5.74, 6) is -0.213. The van der Waals surface area contributed by atoms with E-state index in [-0.39, 0.29) is 11.8 Å².